The molecular formula is C26H45NOS. The molecule has 3 unspecified atom stereocenters. The van der Waals surface area contributed by atoms with Crippen molar-refractivity contribution in [2.24, 2.45) is 39.9 Å². The van der Waals surface area contributed by atoms with Crippen molar-refractivity contribution in [2.75, 3.05) is 13.3 Å². The molecule has 1 amide bonds. The van der Waals surface area contributed by atoms with Crippen molar-refractivity contribution < 1.29 is 4.79 Å². The van der Waals surface area contributed by atoms with Crippen LogP contribution in [0.5, 0.6) is 0 Å². The molecule has 0 aliphatic heterocycles. The Kier molecular flexibility index (Phi) is 6.12. The average Bonchev–Trinajstić information content (AvgIpc) is 3.04. The van der Waals surface area contributed by atoms with Crippen LogP contribution < -0.4 is 0 Å². The van der Waals surface area contributed by atoms with Gasteiger partial charge < -0.3 is 0 Å². The Morgan fingerprint density at radius 1 is 0.966 bits per heavy atom. The third-order valence-corrected chi connectivity index (χ3v) is 11.9. The summed E-state index contributed by atoms with van der Waals surface area (Å²) in [7, 11) is 1.91. The number of fused-ring (bicyclic) bond motifs is 5. The Labute approximate surface area is 184 Å². The van der Waals surface area contributed by atoms with Gasteiger partial charge in [-0.1, -0.05) is 45.6 Å². The molecule has 0 aromatic heterocycles. The lowest BCUT2D eigenvalue weighted by molar-refractivity contribution is -0.152. The number of rotatable bonds is 5. The van der Waals surface area contributed by atoms with E-state index in [0.717, 1.165) is 36.5 Å². The highest BCUT2D eigenvalue weighted by molar-refractivity contribution is 7.96. The lowest BCUT2D eigenvalue weighted by atomic mass is 9.40. The van der Waals surface area contributed by atoms with Crippen molar-refractivity contribution in [1.29, 1.82) is 0 Å². The van der Waals surface area contributed by atoms with Crippen molar-refractivity contribution in [2.45, 2.75) is 104 Å². The standard InChI is InChI=1S/C26H45NOS/c1-24-15-6-7-16-26(24,3)22-14-18-25(2)19(9-8-10-23(28)27(4)29-5)11-12-21(25)20(22)13-17-24/h19-22H,6-18H2,1-5H3/t19?,20-,21?,22?,24-,25+,26+/m0/s1. The van der Waals surface area contributed by atoms with E-state index in [4.69, 9.17) is 0 Å². The Morgan fingerprint density at radius 2 is 1.72 bits per heavy atom. The van der Waals surface area contributed by atoms with Gasteiger partial charge >= 0.3 is 0 Å². The first-order valence-electron chi connectivity index (χ1n) is 12.6. The minimum absolute atomic E-state index is 0.303. The van der Waals surface area contributed by atoms with E-state index in [1.54, 1.807) is 4.31 Å². The summed E-state index contributed by atoms with van der Waals surface area (Å²) >= 11 is 1.54. The molecule has 0 heterocycles. The Hall–Kier alpha value is -0.180. The van der Waals surface area contributed by atoms with Gasteiger partial charge in [0.25, 0.3) is 0 Å². The van der Waals surface area contributed by atoms with Crippen LogP contribution >= 0.6 is 11.9 Å². The molecule has 0 bridgehead atoms. The van der Waals surface area contributed by atoms with Crippen LogP contribution in [0.25, 0.3) is 0 Å². The van der Waals surface area contributed by atoms with E-state index in [1.807, 2.05) is 13.3 Å². The molecule has 3 heteroatoms. The first-order valence-corrected chi connectivity index (χ1v) is 13.7. The molecule has 29 heavy (non-hydrogen) atoms. The van der Waals surface area contributed by atoms with Gasteiger partial charge in [0.05, 0.1) is 0 Å². The smallest absolute Gasteiger partial charge is 0.232 e. The van der Waals surface area contributed by atoms with E-state index in [2.05, 4.69) is 20.8 Å². The van der Waals surface area contributed by atoms with Crippen LogP contribution in [0.3, 0.4) is 0 Å². The zero-order chi connectivity index (χ0) is 20.9. The van der Waals surface area contributed by atoms with Crippen LogP contribution in [0.4, 0.5) is 0 Å². The second-order valence-corrected chi connectivity index (χ2v) is 12.8. The number of hydrogen-bond acceptors (Lipinski definition) is 2. The van der Waals surface area contributed by atoms with E-state index in [-0.39, 0.29) is 0 Å². The lowest BCUT2D eigenvalue weighted by Gasteiger charge is -2.64. The van der Waals surface area contributed by atoms with Gasteiger partial charge in [-0.3, -0.25) is 9.10 Å². The lowest BCUT2D eigenvalue weighted by Crippen LogP contribution is -2.56. The second-order valence-electron chi connectivity index (χ2n) is 11.9. The van der Waals surface area contributed by atoms with Gasteiger partial charge in [-0.05, 0) is 104 Å². The minimum atomic E-state index is 0.303. The number of carbonyl (C=O) groups is 1. The monoisotopic (exact) mass is 419 g/mol. The zero-order valence-electron chi connectivity index (χ0n) is 19.8. The summed E-state index contributed by atoms with van der Waals surface area (Å²) in [5.74, 6) is 4.08. The Morgan fingerprint density at radius 3 is 2.48 bits per heavy atom. The summed E-state index contributed by atoms with van der Waals surface area (Å²) in [5.41, 5.74) is 1.76. The third kappa shape index (κ3) is 3.50. The van der Waals surface area contributed by atoms with Crippen LogP contribution in [-0.4, -0.2) is 23.5 Å². The highest BCUT2D eigenvalue weighted by atomic mass is 32.2. The Balaban J connectivity index is 1.43. The molecule has 2 nitrogen and oxygen atoms in total. The Bertz CT molecular complexity index is 622. The maximum atomic E-state index is 12.2. The summed E-state index contributed by atoms with van der Waals surface area (Å²) < 4.78 is 1.80. The maximum Gasteiger partial charge on any atom is 0.232 e. The fourth-order valence-corrected chi connectivity index (χ4v) is 9.24. The summed E-state index contributed by atoms with van der Waals surface area (Å²) in [5, 5.41) is 0. The number of amides is 1. The molecule has 0 spiro atoms. The van der Waals surface area contributed by atoms with E-state index in [0.29, 0.717) is 22.2 Å². The molecule has 0 aromatic rings. The van der Waals surface area contributed by atoms with Gasteiger partial charge in [-0.2, -0.15) is 0 Å². The second kappa shape index (κ2) is 8.06. The highest BCUT2D eigenvalue weighted by Crippen LogP contribution is 2.70. The fraction of sp³-hybridized carbons (Fsp3) is 0.962. The number of nitrogens with zero attached hydrogens (tertiary/aromatic N) is 1. The first kappa shape index (κ1) is 22.0. The summed E-state index contributed by atoms with van der Waals surface area (Å²) in [6, 6.07) is 0. The molecule has 4 fully saturated rings. The molecule has 0 saturated heterocycles. The zero-order valence-corrected chi connectivity index (χ0v) is 20.6. The topological polar surface area (TPSA) is 20.3 Å². The molecule has 0 radical (unpaired) electrons. The molecule has 0 aromatic carbocycles. The maximum absolute atomic E-state index is 12.2. The van der Waals surface area contributed by atoms with Gasteiger partial charge in [0.15, 0.2) is 0 Å². The van der Waals surface area contributed by atoms with E-state index >= 15 is 0 Å². The quantitative estimate of drug-likeness (QED) is 0.435. The predicted octanol–water partition coefficient (Wildman–Crippen LogP) is 7.33. The van der Waals surface area contributed by atoms with Crippen molar-refractivity contribution in [3.05, 3.63) is 0 Å². The largest absolute Gasteiger partial charge is 0.290 e. The van der Waals surface area contributed by atoms with E-state index in [9.17, 15) is 4.79 Å². The third-order valence-electron chi connectivity index (χ3n) is 11.1. The van der Waals surface area contributed by atoms with Crippen molar-refractivity contribution >= 4 is 17.9 Å². The summed E-state index contributed by atoms with van der Waals surface area (Å²) in [6.45, 7) is 8.00. The minimum Gasteiger partial charge on any atom is -0.290 e. The van der Waals surface area contributed by atoms with Gasteiger partial charge in [0.2, 0.25) is 5.91 Å². The summed E-state index contributed by atoms with van der Waals surface area (Å²) in [4.78, 5) is 12.2. The van der Waals surface area contributed by atoms with Crippen LogP contribution in [0.2, 0.25) is 0 Å². The van der Waals surface area contributed by atoms with Gasteiger partial charge in [-0.25, -0.2) is 0 Å². The molecular weight excluding hydrogens is 374 g/mol. The van der Waals surface area contributed by atoms with E-state index in [1.165, 1.54) is 82.6 Å². The molecule has 7 atom stereocenters. The molecule has 4 aliphatic carbocycles. The van der Waals surface area contributed by atoms with Crippen molar-refractivity contribution in [3.8, 4) is 0 Å². The highest BCUT2D eigenvalue weighted by Gasteiger charge is 2.62. The van der Waals surface area contributed by atoms with Crippen molar-refractivity contribution in [3.63, 3.8) is 0 Å². The van der Waals surface area contributed by atoms with E-state index < -0.39 is 0 Å². The molecule has 166 valence electrons. The molecule has 0 N–H and O–H groups in total. The molecule has 4 rings (SSSR count). The normalized spacial score (nSPS) is 46.5. The van der Waals surface area contributed by atoms with Crippen LogP contribution in [0.15, 0.2) is 0 Å². The predicted molar refractivity (Wildman–Crippen MR) is 125 cm³/mol. The van der Waals surface area contributed by atoms with Gasteiger partial charge in [0, 0.05) is 19.7 Å². The fourth-order valence-electron chi connectivity index (χ4n) is 8.95. The van der Waals surface area contributed by atoms with Gasteiger partial charge in [-0.15, -0.1) is 0 Å². The SMILES string of the molecule is CSN(C)C(=O)CCCC1CCC2[C@@H]3CC[C@]4(C)CCCC[C@]4(C)C3CC[C@]12C. The van der Waals surface area contributed by atoms with Crippen molar-refractivity contribution in [1.82, 2.24) is 4.31 Å². The number of carbonyl (C=O) groups excluding carboxylic acids is 1. The van der Waals surface area contributed by atoms with Gasteiger partial charge in [0.1, 0.15) is 0 Å². The van der Waals surface area contributed by atoms with Crippen LogP contribution in [-0.2, 0) is 4.79 Å². The first-order chi connectivity index (χ1) is 13.7. The average molecular weight is 420 g/mol. The van der Waals surface area contributed by atoms with Crippen LogP contribution in [0.1, 0.15) is 104 Å². The summed E-state index contributed by atoms with van der Waals surface area (Å²) in [6.07, 6.45) is 19.8. The molecule has 4 aliphatic rings. The van der Waals surface area contributed by atoms with Crippen LogP contribution in [0, 0.1) is 39.9 Å². The number of hydrogen-bond donors (Lipinski definition) is 0. The molecule has 4 saturated carbocycles.